The van der Waals surface area contributed by atoms with Crippen molar-refractivity contribution < 1.29 is 0 Å². The van der Waals surface area contributed by atoms with E-state index in [1.165, 1.54) is 0 Å². The van der Waals surface area contributed by atoms with Gasteiger partial charge in [0, 0.05) is 18.3 Å². The molecule has 120 valence electrons. The molecule has 0 atom stereocenters. The van der Waals surface area contributed by atoms with Crippen LogP contribution in [0.15, 0.2) is 24.5 Å². The molecule has 0 saturated heterocycles. The van der Waals surface area contributed by atoms with Crippen LogP contribution in [0.3, 0.4) is 0 Å². The summed E-state index contributed by atoms with van der Waals surface area (Å²) in [5.41, 5.74) is 10.2. The van der Waals surface area contributed by atoms with Gasteiger partial charge in [-0.3, -0.25) is 4.68 Å². The molecule has 3 aromatic rings. The van der Waals surface area contributed by atoms with Gasteiger partial charge in [-0.25, -0.2) is 15.0 Å². The quantitative estimate of drug-likeness (QED) is 0.783. The topological polar surface area (TPSA) is 82.5 Å². The average Bonchev–Trinajstić information content (AvgIpc) is 2.94. The Morgan fingerprint density at radius 1 is 1.17 bits per heavy atom. The molecule has 3 heterocycles. The lowest BCUT2D eigenvalue weighted by Crippen LogP contribution is -2.04. The second-order valence-corrected chi connectivity index (χ2v) is 6.19. The third-order valence-electron chi connectivity index (χ3n) is 3.60. The summed E-state index contributed by atoms with van der Waals surface area (Å²) in [4.78, 5) is 13.4. The van der Waals surface area contributed by atoms with Crippen molar-refractivity contribution in [3.05, 3.63) is 30.2 Å². The third kappa shape index (κ3) is 3.31. The molecule has 0 bridgehead atoms. The van der Waals surface area contributed by atoms with Gasteiger partial charge in [0.05, 0.1) is 23.1 Å². The van der Waals surface area contributed by atoms with Crippen molar-refractivity contribution in [2.24, 2.45) is 5.92 Å². The molecule has 0 unspecified atom stereocenters. The van der Waals surface area contributed by atoms with Gasteiger partial charge in [0.15, 0.2) is 0 Å². The zero-order chi connectivity index (χ0) is 16.4. The van der Waals surface area contributed by atoms with Crippen LogP contribution in [0, 0.1) is 5.92 Å². The number of aryl methyl sites for hydroxylation is 1. The van der Waals surface area contributed by atoms with Gasteiger partial charge in [-0.05, 0) is 24.5 Å². The van der Waals surface area contributed by atoms with Crippen LogP contribution in [0.1, 0.15) is 32.9 Å². The van der Waals surface area contributed by atoms with E-state index in [-0.39, 0.29) is 0 Å². The first kappa shape index (κ1) is 15.4. The lowest BCUT2D eigenvalue weighted by atomic mass is 10.1. The fourth-order valence-corrected chi connectivity index (χ4v) is 2.64. The monoisotopic (exact) mass is 310 g/mol. The lowest BCUT2D eigenvalue weighted by molar-refractivity contribution is 0.483. The Morgan fingerprint density at radius 2 is 2.00 bits per heavy atom. The van der Waals surface area contributed by atoms with E-state index in [1.807, 2.05) is 29.2 Å². The van der Waals surface area contributed by atoms with E-state index in [9.17, 15) is 0 Å². The molecule has 0 aliphatic carbocycles. The summed E-state index contributed by atoms with van der Waals surface area (Å²) in [7, 11) is 0. The Labute approximate surface area is 135 Å². The highest BCUT2D eigenvalue weighted by molar-refractivity contribution is 5.80. The molecular formula is C17H22N6. The van der Waals surface area contributed by atoms with E-state index in [4.69, 9.17) is 10.7 Å². The number of nitrogen functional groups attached to an aromatic ring is 1. The van der Waals surface area contributed by atoms with Gasteiger partial charge in [0.2, 0.25) is 5.95 Å². The Hall–Kier alpha value is -2.50. The van der Waals surface area contributed by atoms with Crippen molar-refractivity contribution in [2.45, 2.75) is 40.2 Å². The molecule has 0 radical (unpaired) electrons. The second kappa shape index (κ2) is 6.32. The minimum atomic E-state index is 0.306. The van der Waals surface area contributed by atoms with Gasteiger partial charge >= 0.3 is 0 Å². The first-order valence-electron chi connectivity index (χ1n) is 8.02. The van der Waals surface area contributed by atoms with Crippen LogP contribution in [0.25, 0.3) is 22.3 Å². The molecule has 6 nitrogen and oxygen atoms in total. The van der Waals surface area contributed by atoms with Gasteiger partial charge in [0.1, 0.15) is 5.52 Å². The van der Waals surface area contributed by atoms with Crippen molar-refractivity contribution >= 4 is 17.0 Å². The molecule has 0 aliphatic rings. The van der Waals surface area contributed by atoms with Gasteiger partial charge in [0.25, 0.3) is 0 Å². The summed E-state index contributed by atoms with van der Waals surface area (Å²) >= 11 is 0. The Kier molecular flexibility index (Phi) is 4.23. The smallest absolute Gasteiger partial charge is 0.220 e. The van der Waals surface area contributed by atoms with E-state index in [0.717, 1.165) is 47.4 Å². The van der Waals surface area contributed by atoms with Crippen molar-refractivity contribution in [3.63, 3.8) is 0 Å². The molecule has 0 fully saturated rings. The highest BCUT2D eigenvalue weighted by Crippen LogP contribution is 2.22. The van der Waals surface area contributed by atoms with Crippen molar-refractivity contribution in [1.82, 2.24) is 24.7 Å². The fourth-order valence-electron chi connectivity index (χ4n) is 2.64. The third-order valence-corrected chi connectivity index (χ3v) is 3.60. The molecule has 0 spiro atoms. The Morgan fingerprint density at radius 3 is 2.74 bits per heavy atom. The molecular weight excluding hydrogens is 288 g/mol. The Bertz CT molecular complexity index is 821. The maximum absolute atomic E-state index is 5.79. The average molecular weight is 310 g/mol. The van der Waals surface area contributed by atoms with Crippen molar-refractivity contribution in [1.29, 1.82) is 0 Å². The standard InChI is InChI=1S/C17H22N6/c1-4-5-14-16-15(22-17(18)21-14)7-6-13(20-16)12-8-19-23(10-12)9-11(2)3/h6-8,10-11H,4-5,9H2,1-3H3,(H2,18,21,22). The normalized spacial score (nSPS) is 11.5. The van der Waals surface area contributed by atoms with E-state index >= 15 is 0 Å². The SMILES string of the molecule is CCCc1nc(N)nc2ccc(-c3cnn(CC(C)C)c3)nc12. The minimum Gasteiger partial charge on any atom is -0.368 e. The fraction of sp³-hybridized carbons (Fsp3) is 0.412. The summed E-state index contributed by atoms with van der Waals surface area (Å²) < 4.78 is 1.96. The lowest BCUT2D eigenvalue weighted by Gasteiger charge is -2.06. The molecule has 0 aromatic carbocycles. The summed E-state index contributed by atoms with van der Waals surface area (Å²) in [6.45, 7) is 7.36. The second-order valence-electron chi connectivity index (χ2n) is 6.19. The first-order valence-corrected chi connectivity index (χ1v) is 8.02. The number of anilines is 1. The maximum atomic E-state index is 5.79. The molecule has 3 rings (SSSR count). The largest absolute Gasteiger partial charge is 0.368 e. The van der Waals surface area contributed by atoms with Gasteiger partial charge in [-0.1, -0.05) is 27.2 Å². The molecule has 2 N–H and O–H groups in total. The number of aromatic nitrogens is 5. The van der Waals surface area contributed by atoms with Crippen LogP contribution in [-0.4, -0.2) is 24.7 Å². The number of nitrogens with zero attached hydrogens (tertiary/aromatic N) is 5. The van der Waals surface area contributed by atoms with Crippen LogP contribution in [0.4, 0.5) is 5.95 Å². The van der Waals surface area contributed by atoms with Gasteiger partial charge in [-0.15, -0.1) is 0 Å². The number of pyridine rings is 1. The van der Waals surface area contributed by atoms with E-state index in [2.05, 4.69) is 35.8 Å². The first-order chi connectivity index (χ1) is 11.1. The van der Waals surface area contributed by atoms with Crippen LogP contribution < -0.4 is 5.73 Å². The van der Waals surface area contributed by atoms with E-state index in [1.54, 1.807) is 0 Å². The van der Waals surface area contributed by atoms with Gasteiger partial charge in [-0.2, -0.15) is 5.10 Å². The molecule has 0 amide bonds. The number of rotatable bonds is 5. The van der Waals surface area contributed by atoms with E-state index in [0.29, 0.717) is 11.9 Å². The van der Waals surface area contributed by atoms with Crippen molar-refractivity contribution in [3.8, 4) is 11.3 Å². The molecule has 6 heteroatoms. The summed E-state index contributed by atoms with van der Waals surface area (Å²) in [5.74, 6) is 0.861. The summed E-state index contributed by atoms with van der Waals surface area (Å²) in [5, 5.41) is 4.41. The van der Waals surface area contributed by atoms with E-state index < -0.39 is 0 Å². The molecule has 0 saturated carbocycles. The predicted molar refractivity (Wildman–Crippen MR) is 91.8 cm³/mol. The number of hydrogen-bond donors (Lipinski definition) is 1. The van der Waals surface area contributed by atoms with Crippen LogP contribution in [-0.2, 0) is 13.0 Å². The van der Waals surface area contributed by atoms with Crippen LogP contribution in [0.5, 0.6) is 0 Å². The maximum Gasteiger partial charge on any atom is 0.220 e. The van der Waals surface area contributed by atoms with Crippen molar-refractivity contribution in [2.75, 3.05) is 5.73 Å². The molecule has 0 aliphatic heterocycles. The summed E-state index contributed by atoms with van der Waals surface area (Å²) in [6, 6.07) is 3.91. The number of nitrogens with two attached hydrogens (primary N) is 1. The number of hydrogen-bond acceptors (Lipinski definition) is 5. The van der Waals surface area contributed by atoms with Crippen LogP contribution in [0.2, 0.25) is 0 Å². The molecule has 3 aromatic heterocycles. The minimum absolute atomic E-state index is 0.306. The highest BCUT2D eigenvalue weighted by atomic mass is 15.3. The number of fused-ring (bicyclic) bond motifs is 1. The summed E-state index contributed by atoms with van der Waals surface area (Å²) in [6.07, 6.45) is 5.72. The Balaban J connectivity index is 2.03. The predicted octanol–water partition coefficient (Wildman–Crippen LogP) is 3.08. The zero-order valence-electron chi connectivity index (χ0n) is 13.8. The highest BCUT2D eigenvalue weighted by Gasteiger charge is 2.10. The van der Waals surface area contributed by atoms with Crippen LogP contribution >= 0.6 is 0 Å². The van der Waals surface area contributed by atoms with Gasteiger partial charge < -0.3 is 5.73 Å². The molecule has 23 heavy (non-hydrogen) atoms. The zero-order valence-corrected chi connectivity index (χ0v) is 13.8.